The van der Waals surface area contributed by atoms with Crippen molar-refractivity contribution in [2.45, 2.75) is 128 Å². The van der Waals surface area contributed by atoms with Gasteiger partial charge in [-0.15, -0.1) is 0 Å². The van der Waals surface area contributed by atoms with Crippen LogP contribution in [0, 0.1) is 0 Å². The molecule has 6 rings (SSSR count). The molecule has 3 aromatic rings. The summed E-state index contributed by atoms with van der Waals surface area (Å²) in [5, 5.41) is 1.85. The third-order valence-corrected chi connectivity index (χ3v) is 15.2. The summed E-state index contributed by atoms with van der Waals surface area (Å²) in [6.07, 6.45) is -9.21. The predicted octanol–water partition coefficient (Wildman–Crippen LogP) is 4.56. The lowest BCUT2D eigenvalue weighted by Crippen LogP contribution is -2.67. The Kier molecular flexibility index (Phi) is 13.4. The lowest BCUT2D eigenvalue weighted by molar-refractivity contribution is -0.333. The number of rotatable bonds is 14. The first kappa shape index (κ1) is 42.6. The van der Waals surface area contributed by atoms with Gasteiger partial charge in [-0.3, -0.25) is 14.4 Å². The van der Waals surface area contributed by atoms with E-state index in [0.29, 0.717) is 0 Å². The van der Waals surface area contributed by atoms with Crippen LogP contribution in [0.3, 0.4) is 0 Å². The maximum absolute atomic E-state index is 12.7. The highest BCUT2D eigenvalue weighted by atomic mass is 28.4. The summed E-state index contributed by atoms with van der Waals surface area (Å²) in [6, 6.07) is 29.9. The minimum absolute atomic E-state index is 0.0636. The zero-order chi connectivity index (χ0) is 41.0. The van der Waals surface area contributed by atoms with Crippen LogP contribution in [0.1, 0.15) is 61.0 Å². The quantitative estimate of drug-likeness (QED) is 0.128. The van der Waals surface area contributed by atoms with Crippen molar-refractivity contribution in [1.29, 1.82) is 0 Å². The number of hydrogen-bond acceptors (Lipinski definition) is 13. The molecule has 3 aromatic carbocycles. The molecule has 13 nitrogen and oxygen atoms in total. The van der Waals surface area contributed by atoms with E-state index in [0.717, 1.165) is 15.9 Å². The fourth-order valence-electron chi connectivity index (χ4n) is 7.89. The van der Waals surface area contributed by atoms with Gasteiger partial charge < -0.3 is 47.1 Å². The molecule has 3 fully saturated rings. The Bertz CT molecular complexity index is 1760. The van der Waals surface area contributed by atoms with Gasteiger partial charge in [0.15, 0.2) is 30.6 Å². The van der Waals surface area contributed by atoms with Crippen LogP contribution in [0.25, 0.3) is 0 Å². The van der Waals surface area contributed by atoms with E-state index in [1.54, 1.807) is 13.8 Å². The van der Waals surface area contributed by atoms with Crippen molar-refractivity contribution in [2.75, 3.05) is 13.2 Å². The van der Waals surface area contributed by atoms with Crippen molar-refractivity contribution in [1.82, 2.24) is 0 Å². The number of benzene rings is 3. The monoisotopic (exact) mass is 806 g/mol. The summed E-state index contributed by atoms with van der Waals surface area (Å²) >= 11 is 0. The van der Waals surface area contributed by atoms with Gasteiger partial charge in [-0.05, 0) is 34.8 Å². The van der Waals surface area contributed by atoms with E-state index in [1.807, 2.05) is 66.7 Å². The molecule has 0 spiro atoms. The zero-order valence-corrected chi connectivity index (χ0v) is 34.8. The Morgan fingerprint density at radius 3 is 1.75 bits per heavy atom. The number of fused-ring (bicyclic) bond motifs is 1. The molecular formula is C43H54O13Si. The highest BCUT2D eigenvalue weighted by Gasteiger charge is 2.60. The molecule has 0 saturated carbocycles. The van der Waals surface area contributed by atoms with Gasteiger partial charge in [0.2, 0.25) is 0 Å². The van der Waals surface area contributed by atoms with E-state index < -0.39 is 87.3 Å². The van der Waals surface area contributed by atoms with Gasteiger partial charge >= 0.3 is 17.9 Å². The normalized spacial score (nSPS) is 28.3. The lowest BCUT2D eigenvalue weighted by atomic mass is 9.97. The summed E-state index contributed by atoms with van der Waals surface area (Å²) in [6.45, 7) is 13.7. The van der Waals surface area contributed by atoms with Crippen LogP contribution >= 0.6 is 0 Å². The van der Waals surface area contributed by atoms with Gasteiger partial charge in [0, 0.05) is 20.8 Å². The summed E-state index contributed by atoms with van der Waals surface area (Å²) in [7, 11) is -3.04. The molecule has 0 bridgehead atoms. The van der Waals surface area contributed by atoms with E-state index in [-0.39, 0.29) is 24.9 Å². The number of ether oxygens (including phenoxy) is 9. The molecule has 0 N–H and O–H groups in total. The average molecular weight is 807 g/mol. The number of carbonyl (C=O) groups is 3. The third-order valence-electron chi connectivity index (χ3n) is 10.2. The van der Waals surface area contributed by atoms with Crippen molar-refractivity contribution < 1.29 is 61.4 Å². The maximum atomic E-state index is 12.7. The van der Waals surface area contributed by atoms with Gasteiger partial charge in [-0.1, -0.05) is 112 Å². The fraction of sp³-hybridized carbons (Fsp3) is 0.512. The topological polar surface area (TPSA) is 144 Å². The first-order valence-corrected chi connectivity index (χ1v) is 21.2. The van der Waals surface area contributed by atoms with Crippen molar-refractivity contribution in [3.8, 4) is 0 Å². The maximum Gasteiger partial charge on any atom is 0.303 e. The van der Waals surface area contributed by atoms with E-state index >= 15 is 0 Å². The van der Waals surface area contributed by atoms with Gasteiger partial charge in [0.25, 0.3) is 8.32 Å². The first-order chi connectivity index (χ1) is 27.1. The average Bonchev–Trinajstić information content (AvgIpc) is 3.62. The second-order valence-corrected chi connectivity index (χ2v) is 20.3. The fourth-order valence-corrected chi connectivity index (χ4v) is 12.5. The number of esters is 3. The molecule has 14 heteroatoms. The molecule has 3 heterocycles. The van der Waals surface area contributed by atoms with Crippen LogP contribution < -0.4 is 10.4 Å². The molecule has 0 amide bonds. The molecule has 3 saturated heterocycles. The molecule has 0 aliphatic carbocycles. The Morgan fingerprint density at radius 2 is 1.21 bits per heavy atom. The van der Waals surface area contributed by atoms with Gasteiger partial charge in [-0.25, -0.2) is 0 Å². The minimum atomic E-state index is -3.04. The first-order valence-electron chi connectivity index (χ1n) is 19.3. The molecule has 3 aliphatic heterocycles. The number of hydrogen-bond donors (Lipinski definition) is 0. The largest absolute Gasteiger partial charge is 0.463 e. The Morgan fingerprint density at radius 1 is 0.667 bits per heavy atom. The van der Waals surface area contributed by atoms with Crippen LogP contribution in [0.5, 0.6) is 0 Å². The van der Waals surface area contributed by atoms with E-state index in [1.165, 1.54) is 20.8 Å². The summed E-state index contributed by atoms with van der Waals surface area (Å²) in [5.74, 6) is -2.92. The Hall–Kier alpha value is -3.99. The van der Waals surface area contributed by atoms with Gasteiger partial charge in [-0.2, -0.15) is 0 Å². The molecule has 3 aliphatic rings. The van der Waals surface area contributed by atoms with Crippen LogP contribution in [-0.2, 0) is 68.0 Å². The summed E-state index contributed by atoms with van der Waals surface area (Å²) in [5.41, 5.74) is 0.819. The van der Waals surface area contributed by atoms with Gasteiger partial charge in [0.05, 0.1) is 13.2 Å². The Balaban J connectivity index is 1.38. The van der Waals surface area contributed by atoms with Crippen LogP contribution in [0.4, 0.5) is 0 Å². The van der Waals surface area contributed by atoms with Crippen molar-refractivity contribution in [2.24, 2.45) is 0 Å². The molecule has 0 unspecified atom stereocenters. The SMILES string of the molecule is CC(=O)OC[C@H]1O[C@H](O[C@H]2[C@H]3OC(C)(C)O[C@H]3O[C@@H]2CO[Si](c2ccccc2)(c2ccccc2)C(C)(C)C)[C@H](OCc2ccccc2)[C@@H](OC(C)=O)[C@@H]1OC(C)=O. The summed E-state index contributed by atoms with van der Waals surface area (Å²) in [4.78, 5) is 37.2. The van der Waals surface area contributed by atoms with Crippen LogP contribution in [0.15, 0.2) is 91.0 Å². The molecule has 0 radical (unpaired) electrons. The number of carbonyl (C=O) groups excluding carboxylic acids is 3. The van der Waals surface area contributed by atoms with Crippen LogP contribution in [-0.4, -0.2) is 101 Å². The highest BCUT2D eigenvalue weighted by molar-refractivity contribution is 6.99. The lowest BCUT2D eigenvalue weighted by Gasteiger charge is -2.46. The zero-order valence-electron chi connectivity index (χ0n) is 33.8. The van der Waals surface area contributed by atoms with Crippen LogP contribution in [0.2, 0.25) is 5.04 Å². The van der Waals surface area contributed by atoms with Crippen molar-refractivity contribution >= 4 is 36.6 Å². The molecular weight excluding hydrogens is 753 g/mol. The molecule has 308 valence electrons. The Labute approximate surface area is 335 Å². The van der Waals surface area contributed by atoms with Crippen molar-refractivity contribution in [3.63, 3.8) is 0 Å². The molecule has 57 heavy (non-hydrogen) atoms. The van der Waals surface area contributed by atoms with Gasteiger partial charge in [0.1, 0.15) is 37.1 Å². The molecule has 9 atom stereocenters. The standard InChI is InChI=1S/C43H54O13Si/c1-27(44)47-25-33-35(50-28(2)45)37(51-29(3)46)38(48-24-30-18-12-9-13-19-30)40(52-33)54-36-34(53-41-39(36)55-43(7,8)56-41)26-49-57(42(4,5)6,31-20-14-10-15-21-31)32-22-16-11-17-23-32/h9-23,33-41H,24-26H2,1-8H3/t33-,34-,35-,36-,37+,38-,39-,40-,41-/m1/s1. The molecule has 0 aromatic heterocycles. The van der Waals surface area contributed by atoms with E-state index in [2.05, 4.69) is 45.0 Å². The predicted molar refractivity (Wildman–Crippen MR) is 209 cm³/mol. The highest BCUT2D eigenvalue weighted by Crippen LogP contribution is 2.43. The second-order valence-electron chi connectivity index (χ2n) is 16.0. The van der Waals surface area contributed by atoms with Crippen molar-refractivity contribution in [3.05, 3.63) is 96.6 Å². The smallest absolute Gasteiger partial charge is 0.303 e. The third kappa shape index (κ3) is 9.83. The van der Waals surface area contributed by atoms with E-state index in [4.69, 9.17) is 47.1 Å². The second kappa shape index (κ2) is 17.9. The van der Waals surface area contributed by atoms with E-state index in [9.17, 15) is 14.4 Å². The minimum Gasteiger partial charge on any atom is -0.463 e. The summed E-state index contributed by atoms with van der Waals surface area (Å²) < 4.78 is 63.4.